The van der Waals surface area contributed by atoms with Crippen molar-refractivity contribution in [2.24, 2.45) is 5.73 Å². The van der Waals surface area contributed by atoms with Gasteiger partial charge in [0.1, 0.15) is 12.6 Å². The lowest BCUT2D eigenvalue weighted by atomic mass is 10.0. The fraction of sp³-hybridized carbons (Fsp3) is 0.542. The van der Waals surface area contributed by atoms with Crippen molar-refractivity contribution < 1.29 is 33.3 Å². The van der Waals surface area contributed by atoms with E-state index in [4.69, 9.17) is 24.7 Å². The normalized spacial score (nSPS) is 17.4. The Bertz CT molecular complexity index is 925. The smallest absolute Gasteiger partial charge is 0.255 e. The Morgan fingerprint density at radius 2 is 1.65 bits per heavy atom. The van der Waals surface area contributed by atoms with Crippen molar-refractivity contribution in [1.29, 1.82) is 0 Å². The predicted octanol–water partition coefficient (Wildman–Crippen LogP) is -0.176. The van der Waals surface area contributed by atoms with Gasteiger partial charge in [0, 0.05) is 30.6 Å². The number of nitrogens with zero attached hydrogens (tertiary/aromatic N) is 1. The highest BCUT2D eigenvalue weighted by Gasteiger charge is 2.38. The molecule has 0 bridgehead atoms. The summed E-state index contributed by atoms with van der Waals surface area (Å²) in [6, 6.07) is 4.75. The molecular formula is C24H31N3O7. The van der Waals surface area contributed by atoms with Crippen LogP contribution in [-0.2, 0) is 35.1 Å². The van der Waals surface area contributed by atoms with Gasteiger partial charge in [0.05, 0.1) is 46.2 Å². The molecule has 3 rings (SSSR count). The van der Waals surface area contributed by atoms with Gasteiger partial charge in [0.2, 0.25) is 11.8 Å². The molecule has 1 saturated heterocycles. The Balaban J connectivity index is 1.32. The predicted molar refractivity (Wildman–Crippen MR) is 122 cm³/mol. The van der Waals surface area contributed by atoms with Gasteiger partial charge in [-0.25, -0.2) is 0 Å². The van der Waals surface area contributed by atoms with E-state index in [1.807, 2.05) is 6.07 Å². The van der Waals surface area contributed by atoms with Crippen LogP contribution in [0.1, 0.15) is 34.3 Å². The summed E-state index contributed by atoms with van der Waals surface area (Å²) in [7, 11) is 0. The van der Waals surface area contributed by atoms with Gasteiger partial charge in [0.25, 0.3) is 5.91 Å². The second kappa shape index (κ2) is 13.8. The third-order valence-electron chi connectivity index (χ3n) is 5.31. The Labute approximate surface area is 199 Å². The van der Waals surface area contributed by atoms with Crippen molar-refractivity contribution in [2.45, 2.75) is 25.4 Å². The van der Waals surface area contributed by atoms with Crippen LogP contribution in [0.25, 0.3) is 0 Å². The summed E-state index contributed by atoms with van der Waals surface area (Å²) in [6.07, 6.45) is 0.576. The maximum absolute atomic E-state index is 12.7. The molecule has 10 nitrogen and oxygen atoms in total. The molecule has 2 aliphatic rings. The van der Waals surface area contributed by atoms with Crippen LogP contribution in [0.5, 0.6) is 0 Å². The van der Waals surface area contributed by atoms with E-state index in [-0.39, 0.29) is 24.8 Å². The van der Waals surface area contributed by atoms with Crippen molar-refractivity contribution in [3.05, 3.63) is 34.9 Å². The van der Waals surface area contributed by atoms with E-state index in [1.54, 1.807) is 12.1 Å². The average Bonchev–Trinajstić information content (AvgIpc) is 3.14. The van der Waals surface area contributed by atoms with Crippen LogP contribution in [0.3, 0.4) is 0 Å². The van der Waals surface area contributed by atoms with E-state index < -0.39 is 11.9 Å². The standard InChI is InChI=1S/C24H31N3O7/c25-7-9-32-11-13-34-15-14-33-12-10-31-8-1-2-18-3-4-20-19(16-18)17-27(24(20)30)21-5-6-22(28)26-23(21)29/h3-4,16,21H,5-15,17,25H2,(H,26,28,29). The molecule has 1 unspecified atom stereocenters. The number of amides is 3. The van der Waals surface area contributed by atoms with E-state index in [1.165, 1.54) is 4.90 Å². The van der Waals surface area contributed by atoms with Gasteiger partial charge in [-0.05, 0) is 30.2 Å². The SMILES string of the molecule is NCCOCCOCCOCCOCC#Cc1ccc2c(c1)CN(C1CCC(=O)NC1=O)C2=O. The molecular weight excluding hydrogens is 442 g/mol. The molecule has 0 aliphatic carbocycles. The number of rotatable bonds is 13. The zero-order valence-electron chi connectivity index (χ0n) is 19.2. The van der Waals surface area contributed by atoms with Gasteiger partial charge >= 0.3 is 0 Å². The third kappa shape index (κ3) is 7.62. The molecule has 0 spiro atoms. The van der Waals surface area contributed by atoms with Gasteiger partial charge in [0.15, 0.2) is 0 Å². The van der Waals surface area contributed by atoms with Gasteiger partial charge < -0.3 is 29.6 Å². The minimum Gasteiger partial charge on any atom is -0.378 e. The number of imide groups is 1. The van der Waals surface area contributed by atoms with Crippen molar-refractivity contribution in [1.82, 2.24) is 10.2 Å². The highest BCUT2D eigenvalue weighted by Crippen LogP contribution is 2.28. The number of nitrogens with one attached hydrogen (secondary N) is 1. The van der Waals surface area contributed by atoms with Crippen molar-refractivity contribution in [3.8, 4) is 11.8 Å². The summed E-state index contributed by atoms with van der Waals surface area (Å²) in [5.74, 6) is 5.07. The monoisotopic (exact) mass is 473 g/mol. The number of ether oxygens (including phenoxy) is 4. The number of carbonyl (C=O) groups is 3. The molecule has 1 fully saturated rings. The zero-order chi connectivity index (χ0) is 24.2. The Hall–Kier alpha value is -2.81. The maximum atomic E-state index is 12.7. The van der Waals surface area contributed by atoms with Gasteiger partial charge in [-0.3, -0.25) is 19.7 Å². The third-order valence-corrected chi connectivity index (χ3v) is 5.31. The minimum absolute atomic E-state index is 0.197. The number of hydrogen-bond acceptors (Lipinski definition) is 8. The molecule has 1 atom stereocenters. The summed E-state index contributed by atoms with van der Waals surface area (Å²) < 4.78 is 21.4. The molecule has 184 valence electrons. The summed E-state index contributed by atoms with van der Waals surface area (Å²) in [4.78, 5) is 37.7. The highest BCUT2D eigenvalue weighted by atomic mass is 16.6. The zero-order valence-corrected chi connectivity index (χ0v) is 19.2. The summed E-state index contributed by atoms with van der Waals surface area (Å²) >= 11 is 0. The number of piperidine rings is 1. The summed E-state index contributed by atoms with van der Waals surface area (Å²) in [6.45, 7) is 4.52. The van der Waals surface area contributed by atoms with Crippen LogP contribution in [0.4, 0.5) is 0 Å². The number of nitrogens with two attached hydrogens (primary N) is 1. The largest absolute Gasteiger partial charge is 0.378 e. The van der Waals surface area contributed by atoms with Crippen LogP contribution in [0.15, 0.2) is 18.2 Å². The second-order valence-corrected chi connectivity index (χ2v) is 7.75. The number of hydrogen-bond donors (Lipinski definition) is 2. The lowest BCUT2D eigenvalue weighted by Crippen LogP contribution is -2.52. The van der Waals surface area contributed by atoms with E-state index in [2.05, 4.69) is 17.2 Å². The van der Waals surface area contributed by atoms with Crippen molar-refractivity contribution >= 4 is 17.7 Å². The van der Waals surface area contributed by atoms with Crippen LogP contribution in [-0.4, -0.2) is 88.1 Å². The number of fused-ring (bicyclic) bond motifs is 1. The first kappa shape index (κ1) is 25.8. The van der Waals surface area contributed by atoms with Gasteiger partial charge in [-0.1, -0.05) is 11.8 Å². The molecule has 3 N–H and O–H groups in total. The molecule has 2 heterocycles. The molecule has 2 aliphatic heterocycles. The maximum Gasteiger partial charge on any atom is 0.255 e. The van der Waals surface area contributed by atoms with Crippen LogP contribution in [0.2, 0.25) is 0 Å². The fourth-order valence-corrected chi connectivity index (χ4v) is 3.66. The minimum atomic E-state index is -0.621. The molecule has 34 heavy (non-hydrogen) atoms. The van der Waals surface area contributed by atoms with E-state index in [9.17, 15) is 14.4 Å². The molecule has 10 heteroatoms. The summed E-state index contributed by atoms with van der Waals surface area (Å²) in [5.41, 5.74) is 7.47. The first-order valence-electron chi connectivity index (χ1n) is 11.4. The Morgan fingerprint density at radius 1 is 0.971 bits per heavy atom. The number of carbonyl (C=O) groups excluding carboxylic acids is 3. The highest BCUT2D eigenvalue weighted by molar-refractivity contribution is 6.05. The molecule has 0 radical (unpaired) electrons. The summed E-state index contributed by atoms with van der Waals surface area (Å²) in [5, 5.41) is 2.30. The van der Waals surface area contributed by atoms with E-state index in [0.29, 0.717) is 71.3 Å². The first-order valence-corrected chi connectivity index (χ1v) is 11.4. The lowest BCUT2D eigenvalue weighted by Gasteiger charge is -2.29. The second-order valence-electron chi connectivity index (χ2n) is 7.75. The quantitative estimate of drug-likeness (QED) is 0.229. The fourth-order valence-electron chi connectivity index (χ4n) is 3.66. The average molecular weight is 474 g/mol. The molecule has 0 aromatic heterocycles. The van der Waals surface area contributed by atoms with E-state index >= 15 is 0 Å². The van der Waals surface area contributed by atoms with Gasteiger partial charge in [-0.15, -0.1) is 0 Å². The van der Waals surface area contributed by atoms with E-state index in [0.717, 1.165) is 11.1 Å². The topological polar surface area (TPSA) is 129 Å². The molecule has 1 aromatic rings. The van der Waals surface area contributed by atoms with Crippen molar-refractivity contribution in [3.63, 3.8) is 0 Å². The molecule has 3 amide bonds. The lowest BCUT2D eigenvalue weighted by molar-refractivity contribution is -0.136. The van der Waals surface area contributed by atoms with Gasteiger partial charge in [-0.2, -0.15) is 0 Å². The number of benzene rings is 1. The Morgan fingerprint density at radius 3 is 2.32 bits per heavy atom. The molecule has 0 saturated carbocycles. The Kier molecular flexibility index (Phi) is 10.5. The van der Waals surface area contributed by atoms with Crippen LogP contribution >= 0.6 is 0 Å². The van der Waals surface area contributed by atoms with Crippen LogP contribution in [0, 0.1) is 11.8 Å². The molecule has 1 aromatic carbocycles. The van der Waals surface area contributed by atoms with Crippen LogP contribution < -0.4 is 11.1 Å². The first-order chi connectivity index (χ1) is 16.6. The van der Waals surface area contributed by atoms with Crippen molar-refractivity contribution in [2.75, 3.05) is 59.4 Å².